The molecule has 0 aliphatic heterocycles. The van der Waals surface area contributed by atoms with E-state index in [1.165, 1.54) is 0 Å². The van der Waals surface area contributed by atoms with Gasteiger partial charge in [-0.05, 0) is 24.1 Å². The van der Waals surface area contributed by atoms with E-state index in [0.717, 1.165) is 5.56 Å². The van der Waals surface area contributed by atoms with Gasteiger partial charge in [0, 0.05) is 17.0 Å². The zero-order valence-corrected chi connectivity index (χ0v) is 14.3. The maximum absolute atomic E-state index is 12.9. The average Bonchev–Trinajstić information content (AvgIpc) is 3.38. The van der Waals surface area contributed by atoms with Gasteiger partial charge in [0.2, 0.25) is 5.75 Å². The summed E-state index contributed by atoms with van der Waals surface area (Å²) >= 11 is 0. The lowest BCUT2D eigenvalue weighted by molar-refractivity contribution is 0.0809. The standard InChI is InChI=1S/C20H18O5/c1-23-15-8-11(9-16(24-2)17(15)25-3)14-10-20(14)18(21)12-6-4-5-7-13(12)19(20)22/h4-9,14H,10H2,1-3H3. The van der Waals surface area contributed by atoms with Crippen LogP contribution in [-0.4, -0.2) is 32.9 Å². The van der Waals surface area contributed by atoms with Gasteiger partial charge >= 0.3 is 0 Å². The molecular formula is C20H18O5. The molecule has 0 radical (unpaired) electrons. The van der Waals surface area contributed by atoms with Crippen LogP contribution in [0.1, 0.15) is 38.6 Å². The van der Waals surface area contributed by atoms with E-state index in [1.54, 1.807) is 45.6 Å². The summed E-state index contributed by atoms with van der Waals surface area (Å²) in [4.78, 5) is 25.8. The Labute approximate surface area is 145 Å². The van der Waals surface area contributed by atoms with E-state index in [4.69, 9.17) is 14.2 Å². The van der Waals surface area contributed by atoms with Gasteiger partial charge < -0.3 is 14.2 Å². The Hall–Kier alpha value is -2.82. The molecule has 1 fully saturated rings. The van der Waals surface area contributed by atoms with Crippen molar-refractivity contribution in [2.24, 2.45) is 5.41 Å². The monoisotopic (exact) mass is 338 g/mol. The highest BCUT2D eigenvalue weighted by molar-refractivity contribution is 6.32. The van der Waals surface area contributed by atoms with Crippen LogP contribution in [0.2, 0.25) is 0 Å². The number of ketones is 2. The SMILES string of the molecule is COc1cc(C2CC23C(=O)c2ccccc2C3=O)cc(OC)c1OC. The first kappa shape index (κ1) is 15.7. The second-order valence-electron chi connectivity index (χ2n) is 6.39. The second kappa shape index (κ2) is 5.34. The molecule has 0 saturated heterocycles. The van der Waals surface area contributed by atoms with E-state index >= 15 is 0 Å². The second-order valence-corrected chi connectivity index (χ2v) is 6.39. The van der Waals surface area contributed by atoms with Crippen LogP contribution in [0.5, 0.6) is 17.2 Å². The van der Waals surface area contributed by atoms with Crippen molar-refractivity contribution in [3.8, 4) is 17.2 Å². The van der Waals surface area contributed by atoms with Crippen molar-refractivity contribution in [2.45, 2.75) is 12.3 Å². The molecule has 2 aromatic carbocycles. The largest absolute Gasteiger partial charge is 0.493 e. The average molecular weight is 338 g/mol. The number of methoxy groups -OCH3 is 3. The number of Topliss-reactive ketones (excluding diaryl/α,β-unsaturated/α-hetero) is 2. The van der Waals surface area contributed by atoms with E-state index in [9.17, 15) is 9.59 Å². The quantitative estimate of drug-likeness (QED) is 0.801. The number of benzene rings is 2. The molecule has 2 aliphatic rings. The lowest BCUT2D eigenvalue weighted by Crippen LogP contribution is -2.19. The number of hydrogen-bond donors (Lipinski definition) is 0. The van der Waals surface area contributed by atoms with Gasteiger partial charge in [0.25, 0.3) is 0 Å². The van der Waals surface area contributed by atoms with Crippen molar-refractivity contribution in [3.05, 3.63) is 53.1 Å². The molecule has 2 aromatic rings. The van der Waals surface area contributed by atoms with Crippen LogP contribution >= 0.6 is 0 Å². The van der Waals surface area contributed by atoms with Gasteiger partial charge in [-0.15, -0.1) is 0 Å². The number of hydrogen-bond acceptors (Lipinski definition) is 5. The van der Waals surface area contributed by atoms with Crippen LogP contribution in [0.4, 0.5) is 0 Å². The molecule has 5 nitrogen and oxygen atoms in total. The lowest BCUT2D eigenvalue weighted by atomic mass is 9.93. The maximum atomic E-state index is 12.9. The summed E-state index contributed by atoms with van der Waals surface area (Å²) in [5, 5.41) is 0. The molecule has 1 atom stereocenters. The highest BCUT2D eigenvalue weighted by Crippen LogP contribution is 2.66. The van der Waals surface area contributed by atoms with Crippen molar-refractivity contribution in [1.29, 1.82) is 0 Å². The van der Waals surface area contributed by atoms with Crippen molar-refractivity contribution in [1.82, 2.24) is 0 Å². The summed E-state index contributed by atoms with van der Waals surface area (Å²) < 4.78 is 16.1. The van der Waals surface area contributed by atoms with Crippen LogP contribution in [0.25, 0.3) is 0 Å². The summed E-state index contributed by atoms with van der Waals surface area (Å²) in [6.07, 6.45) is 0.512. The lowest BCUT2D eigenvalue weighted by Gasteiger charge is -2.15. The fourth-order valence-electron chi connectivity index (χ4n) is 3.93. The fraction of sp³-hybridized carbons (Fsp3) is 0.300. The molecule has 2 aliphatic carbocycles. The van der Waals surface area contributed by atoms with Crippen molar-refractivity contribution < 1.29 is 23.8 Å². The van der Waals surface area contributed by atoms with E-state index in [2.05, 4.69) is 0 Å². The Bertz CT molecular complexity index is 839. The molecule has 5 heteroatoms. The first-order valence-electron chi connectivity index (χ1n) is 8.07. The molecule has 128 valence electrons. The molecule has 0 aromatic heterocycles. The topological polar surface area (TPSA) is 61.8 Å². The Morgan fingerprint density at radius 2 is 1.40 bits per heavy atom. The number of rotatable bonds is 4. The van der Waals surface area contributed by atoms with Crippen LogP contribution < -0.4 is 14.2 Å². The molecule has 1 saturated carbocycles. The summed E-state index contributed by atoms with van der Waals surface area (Å²) in [5.74, 6) is 1.21. The number of carbonyl (C=O) groups excluding carboxylic acids is 2. The van der Waals surface area contributed by atoms with E-state index < -0.39 is 5.41 Å². The van der Waals surface area contributed by atoms with Crippen molar-refractivity contribution in [2.75, 3.05) is 21.3 Å². The minimum atomic E-state index is -0.964. The molecule has 0 amide bonds. The molecule has 0 N–H and O–H groups in total. The smallest absolute Gasteiger partial charge is 0.203 e. The predicted octanol–water partition coefficient (Wildman–Crippen LogP) is 3.27. The zero-order valence-electron chi connectivity index (χ0n) is 14.3. The summed E-state index contributed by atoms with van der Waals surface area (Å²) in [5.41, 5.74) is 0.947. The van der Waals surface area contributed by atoms with Crippen LogP contribution in [0.15, 0.2) is 36.4 Å². The van der Waals surface area contributed by atoms with E-state index in [1.807, 2.05) is 12.1 Å². The van der Waals surface area contributed by atoms with Crippen LogP contribution in [0, 0.1) is 5.41 Å². The maximum Gasteiger partial charge on any atom is 0.203 e. The zero-order chi connectivity index (χ0) is 17.8. The van der Waals surface area contributed by atoms with Crippen LogP contribution in [-0.2, 0) is 0 Å². The van der Waals surface area contributed by atoms with Gasteiger partial charge in [-0.3, -0.25) is 9.59 Å². The molecule has 25 heavy (non-hydrogen) atoms. The van der Waals surface area contributed by atoms with Gasteiger partial charge in [0.05, 0.1) is 21.3 Å². The molecule has 1 spiro atoms. The van der Waals surface area contributed by atoms with Gasteiger partial charge in [0.1, 0.15) is 5.41 Å². The van der Waals surface area contributed by atoms with Crippen LogP contribution in [0.3, 0.4) is 0 Å². The summed E-state index contributed by atoms with van der Waals surface area (Å²) in [7, 11) is 4.64. The minimum absolute atomic E-state index is 0.0770. The Morgan fingerprint density at radius 3 is 1.84 bits per heavy atom. The first-order valence-corrected chi connectivity index (χ1v) is 8.07. The normalized spacial score (nSPS) is 19.7. The molecule has 4 rings (SSSR count). The Kier molecular flexibility index (Phi) is 3.35. The highest BCUT2D eigenvalue weighted by Gasteiger charge is 2.69. The molecule has 0 bridgehead atoms. The molecule has 0 heterocycles. The third-order valence-electron chi connectivity index (χ3n) is 5.28. The van der Waals surface area contributed by atoms with Crippen molar-refractivity contribution >= 4 is 11.6 Å². The Balaban J connectivity index is 1.78. The Morgan fingerprint density at radius 1 is 0.880 bits per heavy atom. The summed E-state index contributed by atoms with van der Waals surface area (Å²) in [6.45, 7) is 0. The molecular weight excluding hydrogens is 320 g/mol. The third-order valence-corrected chi connectivity index (χ3v) is 5.28. The van der Waals surface area contributed by atoms with Gasteiger partial charge in [0.15, 0.2) is 23.1 Å². The highest BCUT2D eigenvalue weighted by atomic mass is 16.5. The van der Waals surface area contributed by atoms with Gasteiger partial charge in [-0.25, -0.2) is 0 Å². The summed E-state index contributed by atoms with van der Waals surface area (Å²) in [6, 6.07) is 10.7. The van der Waals surface area contributed by atoms with Gasteiger partial charge in [-0.2, -0.15) is 0 Å². The first-order chi connectivity index (χ1) is 12.1. The van der Waals surface area contributed by atoms with Crippen molar-refractivity contribution in [3.63, 3.8) is 0 Å². The number of ether oxygens (including phenoxy) is 3. The number of fused-ring (bicyclic) bond motifs is 1. The predicted molar refractivity (Wildman–Crippen MR) is 91.0 cm³/mol. The minimum Gasteiger partial charge on any atom is -0.493 e. The molecule has 1 unspecified atom stereocenters. The fourth-order valence-corrected chi connectivity index (χ4v) is 3.93. The van der Waals surface area contributed by atoms with E-state index in [0.29, 0.717) is 34.8 Å². The third kappa shape index (κ3) is 1.95. The number of carbonyl (C=O) groups is 2. The van der Waals surface area contributed by atoms with Gasteiger partial charge in [-0.1, -0.05) is 24.3 Å². The van der Waals surface area contributed by atoms with E-state index in [-0.39, 0.29) is 17.5 Å².